The van der Waals surface area contributed by atoms with Crippen molar-refractivity contribution in [3.05, 3.63) is 35.9 Å². The van der Waals surface area contributed by atoms with Crippen molar-refractivity contribution < 1.29 is 17.9 Å². The summed E-state index contributed by atoms with van der Waals surface area (Å²) in [4.78, 5) is 12.2. The molecule has 0 aliphatic heterocycles. The van der Waals surface area contributed by atoms with Crippen LogP contribution in [0.1, 0.15) is 32.1 Å². The van der Waals surface area contributed by atoms with E-state index in [1.807, 2.05) is 0 Å². The van der Waals surface area contributed by atoms with Crippen LogP contribution in [0.2, 0.25) is 0 Å². The van der Waals surface area contributed by atoms with Gasteiger partial charge in [0.25, 0.3) is 0 Å². The van der Waals surface area contributed by atoms with E-state index in [9.17, 15) is 13.2 Å². The monoisotopic (exact) mass is 366 g/mol. The van der Waals surface area contributed by atoms with Gasteiger partial charge in [0, 0.05) is 6.54 Å². The Morgan fingerprint density at radius 2 is 2.04 bits per heavy atom. The highest BCUT2D eigenvalue weighted by Gasteiger charge is 2.23. The number of hydrogen-bond donors (Lipinski definition) is 1. The van der Waals surface area contributed by atoms with Gasteiger partial charge in [-0.1, -0.05) is 23.8 Å². The minimum atomic E-state index is -3.61. The Bertz CT molecular complexity index is 728. The van der Waals surface area contributed by atoms with Crippen LogP contribution in [0.4, 0.5) is 5.69 Å². The molecule has 7 heteroatoms. The second-order valence-corrected chi connectivity index (χ2v) is 8.06. The van der Waals surface area contributed by atoms with E-state index in [-0.39, 0.29) is 12.5 Å². The number of sulfonamides is 1. The summed E-state index contributed by atoms with van der Waals surface area (Å²) < 4.78 is 30.6. The molecule has 1 aliphatic carbocycles. The second-order valence-electron chi connectivity index (χ2n) is 6.15. The second kappa shape index (κ2) is 8.89. The van der Waals surface area contributed by atoms with Gasteiger partial charge in [-0.2, -0.15) is 0 Å². The lowest BCUT2D eigenvalue weighted by Gasteiger charge is -2.23. The van der Waals surface area contributed by atoms with E-state index in [1.54, 1.807) is 24.3 Å². The normalized spacial score (nSPS) is 14.6. The van der Waals surface area contributed by atoms with Crippen LogP contribution in [0.3, 0.4) is 0 Å². The Hall–Kier alpha value is -2.02. The van der Waals surface area contributed by atoms with Crippen molar-refractivity contribution >= 4 is 21.6 Å². The first-order valence-corrected chi connectivity index (χ1v) is 10.3. The van der Waals surface area contributed by atoms with E-state index in [1.165, 1.54) is 25.5 Å². The zero-order valence-corrected chi connectivity index (χ0v) is 15.6. The zero-order chi connectivity index (χ0) is 18.3. The number of carbonyl (C=O) groups is 1. The quantitative estimate of drug-likeness (QED) is 0.717. The van der Waals surface area contributed by atoms with Gasteiger partial charge in [-0.15, -0.1) is 0 Å². The van der Waals surface area contributed by atoms with Crippen LogP contribution in [0.25, 0.3) is 0 Å². The van der Waals surface area contributed by atoms with Crippen molar-refractivity contribution in [2.24, 2.45) is 0 Å². The molecular formula is C18H26N2O4S. The number of para-hydroxylation sites is 2. The third-order valence-corrected chi connectivity index (χ3v) is 5.32. The standard InChI is InChI=1S/C18H26N2O4S/c1-24-17-11-7-6-10-16(17)20(25(2,22)23)14-18(21)19-13-12-15-8-4-3-5-9-15/h6-8,10-11H,3-5,9,12-14H2,1-2H3,(H,19,21). The minimum absolute atomic E-state index is 0.266. The fraction of sp³-hybridized carbons (Fsp3) is 0.500. The third-order valence-electron chi connectivity index (χ3n) is 4.19. The highest BCUT2D eigenvalue weighted by molar-refractivity contribution is 7.92. The number of carbonyl (C=O) groups excluding carboxylic acids is 1. The molecule has 6 nitrogen and oxygen atoms in total. The molecule has 1 aliphatic rings. The van der Waals surface area contributed by atoms with Crippen molar-refractivity contribution in [1.82, 2.24) is 5.32 Å². The van der Waals surface area contributed by atoms with E-state index < -0.39 is 10.0 Å². The Morgan fingerprint density at radius 1 is 1.28 bits per heavy atom. The molecular weight excluding hydrogens is 340 g/mol. The number of anilines is 1. The zero-order valence-electron chi connectivity index (χ0n) is 14.8. The summed E-state index contributed by atoms with van der Waals surface area (Å²) in [6.07, 6.45) is 8.78. The number of methoxy groups -OCH3 is 1. The molecule has 138 valence electrons. The Kier molecular flexibility index (Phi) is 6.87. The topological polar surface area (TPSA) is 75.7 Å². The lowest BCUT2D eigenvalue weighted by atomic mass is 9.97. The molecule has 0 radical (unpaired) electrons. The fourth-order valence-corrected chi connectivity index (χ4v) is 3.76. The van der Waals surface area contributed by atoms with E-state index in [2.05, 4.69) is 11.4 Å². The van der Waals surface area contributed by atoms with Gasteiger partial charge in [0.1, 0.15) is 12.3 Å². The van der Waals surface area contributed by atoms with Gasteiger partial charge in [0.2, 0.25) is 15.9 Å². The van der Waals surface area contributed by atoms with Crippen molar-refractivity contribution in [1.29, 1.82) is 0 Å². The molecule has 2 rings (SSSR count). The van der Waals surface area contributed by atoms with Crippen LogP contribution >= 0.6 is 0 Å². The molecule has 0 atom stereocenters. The molecule has 0 saturated carbocycles. The van der Waals surface area contributed by atoms with Gasteiger partial charge in [0.05, 0.1) is 19.1 Å². The molecule has 1 aromatic carbocycles. The van der Waals surface area contributed by atoms with E-state index in [0.29, 0.717) is 18.0 Å². The molecule has 0 heterocycles. The predicted octanol–water partition coefficient (Wildman–Crippen LogP) is 2.47. The van der Waals surface area contributed by atoms with Crippen LogP contribution in [0.15, 0.2) is 35.9 Å². The third kappa shape index (κ3) is 5.77. The Balaban J connectivity index is 2.00. The lowest BCUT2D eigenvalue weighted by molar-refractivity contribution is -0.119. The van der Waals surface area contributed by atoms with E-state index in [0.717, 1.165) is 29.8 Å². The average molecular weight is 366 g/mol. The summed E-state index contributed by atoms with van der Waals surface area (Å²) in [6, 6.07) is 6.76. The lowest BCUT2D eigenvalue weighted by Crippen LogP contribution is -2.40. The van der Waals surface area contributed by atoms with Crippen LogP contribution in [-0.2, 0) is 14.8 Å². The number of allylic oxidation sites excluding steroid dienone is 1. The highest BCUT2D eigenvalue weighted by atomic mass is 32.2. The summed E-state index contributed by atoms with van der Waals surface area (Å²) in [5, 5.41) is 2.81. The molecule has 1 N–H and O–H groups in total. The number of nitrogens with zero attached hydrogens (tertiary/aromatic N) is 1. The molecule has 0 spiro atoms. The van der Waals surface area contributed by atoms with Gasteiger partial charge in [-0.3, -0.25) is 9.10 Å². The number of benzene rings is 1. The number of amides is 1. The van der Waals surface area contributed by atoms with E-state index in [4.69, 9.17) is 4.74 Å². The Morgan fingerprint density at radius 3 is 2.68 bits per heavy atom. The van der Waals surface area contributed by atoms with Gasteiger partial charge in [-0.25, -0.2) is 8.42 Å². The van der Waals surface area contributed by atoms with E-state index >= 15 is 0 Å². The van der Waals surface area contributed by atoms with Crippen molar-refractivity contribution in [3.8, 4) is 5.75 Å². The van der Waals surface area contributed by atoms with Crippen molar-refractivity contribution in [2.45, 2.75) is 32.1 Å². The summed E-state index contributed by atoms with van der Waals surface area (Å²) in [5.74, 6) is 0.0841. The molecule has 0 saturated heterocycles. The van der Waals surface area contributed by atoms with Gasteiger partial charge < -0.3 is 10.1 Å². The first-order valence-electron chi connectivity index (χ1n) is 8.47. The Labute approximate surface area is 149 Å². The SMILES string of the molecule is COc1ccccc1N(CC(=O)NCCC1=CCCCC1)S(C)(=O)=O. The van der Waals surface area contributed by atoms with Crippen LogP contribution < -0.4 is 14.4 Å². The predicted molar refractivity (Wildman–Crippen MR) is 99.4 cm³/mol. The van der Waals surface area contributed by atoms with Crippen LogP contribution in [0, 0.1) is 0 Å². The first-order chi connectivity index (χ1) is 11.9. The van der Waals surface area contributed by atoms with Crippen molar-refractivity contribution in [3.63, 3.8) is 0 Å². The van der Waals surface area contributed by atoms with Crippen molar-refractivity contribution in [2.75, 3.05) is 30.8 Å². The number of ether oxygens (including phenoxy) is 1. The largest absolute Gasteiger partial charge is 0.495 e. The highest BCUT2D eigenvalue weighted by Crippen LogP contribution is 2.29. The average Bonchev–Trinajstić information content (AvgIpc) is 2.59. The van der Waals surface area contributed by atoms with Crippen LogP contribution in [0.5, 0.6) is 5.75 Å². The molecule has 0 bridgehead atoms. The fourth-order valence-electron chi connectivity index (χ4n) is 2.90. The summed E-state index contributed by atoms with van der Waals surface area (Å²) in [7, 11) is -2.14. The number of rotatable bonds is 8. The van der Waals surface area contributed by atoms with Crippen LogP contribution in [-0.4, -0.2) is 40.8 Å². The van der Waals surface area contributed by atoms with Gasteiger partial charge >= 0.3 is 0 Å². The molecule has 25 heavy (non-hydrogen) atoms. The number of nitrogens with one attached hydrogen (secondary N) is 1. The molecule has 0 aromatic heterocycles. The number of hydrogen-bond acceptors (Lipinski definition) is 4. The molecule has 0 fully saturated rings. The summed E-state index contributed by atoms with van der Waals surface area (Å²) in [5.41, 5.74) is 1.73. The maximum Gasteiger partial charge on any atom is 0.240 e. The summed E-state index contributed by atoms with van der Waals surface area (Å²) in [6.45, 7) is 0.256. The molecule has 1 aromatic rings. The van der Waals surface area contributed by atoms with Gasteiger partial charge in [0.15, 0.2) is 0 Å². The molecule has 0 unspecified atom stereocenters. The maximum atomic E-state index is 12.2. The maximum absolute atomic E-state index is 12.2. The first kappa shape index (κ1) is 19.3. The smallest absolute Gasteiger partial charge is 0.240 e. The molecule has 1 amide bonds. The van der Waals surface area contributed by atoms with Gasteiger partial charge in [-0.05, 0) is 44.2 Å². The summed E-state index contributed by atoms with van der Waals surface area (Å²) >= 11 is 0. The minimum Gasteiger partial charge on any atom is -0.495 e.